The molecule has 1 heterocycles. The summed E-state index contributed by atoms with van der Waals surface area (Å²) in [7, 11) is -3.53. The highest BCUT2D eigenvalue weighted by molar-refractivity contribution is 7.89. The van der Waals surface area contributed by atoms with Crippen molar-refractivity contribution >= 4 is 10.0 Å². The van der Waals surface area contributed by atoms with Crippen LogP contribution in [0.1, 0.15) is 37.6 Å². The monoisotopic (exact) mass is 316 g/mol. The van der Waals surface area contributed by atoms with Gasteiger partial charge in [0, 0.05) is 32.3 Å². The van der Waals surface area contributed by atoms with Gasteiger partial charge in [0.15, 0.2) is 0 Å². The minimum absolute atomic E-state index is 0.270. The van der Waals surface area contributed by atoms with Gasteiger partial charge in [0.05, 0.1) is 11.4 Å². The SMILES string of the molecule is CCOCCCNS(=O)(=O)c1c(CNC2CC2)n[nH]c1C. The second-order valence-corrected chi connectivity index (χ2v) is 6.93. The average molecular weight is 316 g/mol. The highest BCUT2D eigenvalue weighted by Crippen LogP contribution is 2.21. The van der Waals surface area contributed by atoms with Crippen molar-refractivity contribution in [2.45, 2.75) is 50.6 Å². The number of hydrogen-bond donors (Lipinski definition) is 3. The number of ether oxygens (including phenoxy) is 1. The Balaban J connectivity index is 1.95. The first-order chi connectivity index (χ1) is 10.0. The summed E-state index contributed by atoms with van der Waals surface area (Å²) in [5, 5.41) is 10.2. The van der Waals surface area contributed by atoms with E-state index < -0.39 is 10.0 Å². The molecule has 0 radical (unpaired) electrons. The van der Waals surface area contributed by atoms with E-state index in [1.807, 2.05) is 6.92 Å². The van der Waals surface area contributed by atoms with Crippen molar-refractivity contribution < 1.29 is 13.2 Å². The lowest BCUT2D eigenvalue weighted by atomic mass is 10.3. The van der Waals surface area contributed by atoms with E-state index in [-0.39, 0.29) is 4.90 Å². The van der Waals surface area contributed by atoms with Gasteiger partial charge in [-0.15, -0.1) is 0 Å². The summed E-state index contributed by atoms with van der Waals surface area (Å²) in [6, 6.07) is 0.511. The van der Waals surface area contributed by atoms with E-state index in [4.69, 9.17) is 4.74 Å². The Hall–Kier alpha value is -0.960. The number of nitrogens with zero attached hydrogens (tertiary/aromatic N) is 1. The maximum absolute atomic E-state index is 12.4. The van der Waals surface area contributed by atoms with Crippen LogP contribution in [0.25, 0.3) is 0 Å². The van der Waals surface area contributed by atoms with Crippen molar-refractivity contribution in [1.82, 2.24) is 20.2 Å². The maximum Gasteiger partial charge on any atom is 0.244 e. The fourth-order valence-corrected chi connectivity index (χ4v) is 3.51. The molecule has 120 valence electrons. The van der Waals surface area contributed by atoms with E-state index in [1.54, 1.807) is 6.92 Å². The minimum Gasteiger partial charge on any atom is -0.382 e. The molecule has 0 bridgehead atoms. The minimum atomic E-state index is -3.53. The normalized spacial score (nSPS) is 15.5. The van der Waals surface area contributed by atoms with Crippen LogP contribution >= 0.6 is 0 Å². The molecule has 1 aromatic rings. The van der Waals surface area contributed by atoms with Gasteiger partial charge in [-0.05, 0) is 33.1 Å². The predicted molar refractivity (Wildman–Crippen MR) is 79.5 cm³/mol. The van der Waals surface area contributed by atoms with Crippen molar-refractivity contribution in [2.24, 2.45) is 0 Å². The molecule has 8 heteroatoms. The fourth-order valence-electron chi connectivity index (χ4n) is 2.07. The van der Waals surface area contributed by atoms with Crippen LogP contribution in [0.3, 0.4) is 0 Å². The van der Waals surface area contributed by atoms with Gasteiger partial charge in [0.25, 0.3) is 0 Å². The van der Waals surface area contributed by atoms with Gasteiger partial charge in [-0.3, -0.25) is 5.10 Å². The average Bonchev–Trinajstić information content (AvgIpc) is 3.18. The van der Waals surface area contributed by atoms with Gasteiger partial charge < -0.3 is 10.1 Å². The third-order valence-electron chi connectivity index (χ3n) is 3.33. The molecular weight excluding hydrogens is 292 g/mol. The van der Waals surface area contributed by atoms with E-state index in [1.165, 1.54) is 0 Å². The second-order valence-electron chi connectivity index (χ2n) is 5.23. The van der Waals surface area contributed by atoms with Gasteiger partial charge >= 0.3 is 0 Å². The lowest BCUT2D eigenvalue weighted by molar-refractivity contribution is 0.146. The molecule has 0 saturated heterocycles. The van der Waals surface area contributed by atoms with Crippen molar-refractivity contribution in [3.63, 3.8) is 0 Å². The molecular formula is C13H24N4O3S. The molecule has 7 nitrogen and oxygen atoms in total. The molecule has 3 N–H and O–H groups in total. The first-order valence-corrected chi connectivity index (χ1v) is 8.87. The van der Waals surface area contributed by atoms with E-state index >= 15 is 0 Å². The highest BCUT2D eigenvalue weighted by atomic mass is 32.2. The molecule has 2 rings (SSSR count). The van der Waals surface area contributed by atoms with Crippen molar-refractivity contribution in [3.05, 3.63) is 11.4 Å². The first kappa shape index (κ1) is 16.4. The Bertz CT molecular complexity index is 552. The van der Waals surface area contributed by atoms with Crippen LogP contribution in [0.2, 0.25) is 0 Å². The molecule has 0 unspecified atom stereocenters. The molecule has 21 heavy (non-hydrogen) atoms. The number of rotatable bonds is 10. The van der Waals surface area contributed by atoms with Crippen molar-refractivity contribution in [1.29, 1.82) is 0 Å². The van der Waals surface area contributed by atoms with Crippen LogP contribution in [0.5, 0.6) is 0 Å². The molecule has 0 spiro atoms. The molecule has 1 aromatic heterocycles. The van der Waals surface area contributed by atoms with Crippen LogP contribution in [0, 0.1) is 6.92 Å². The Labute approximate surface area is 125 Å². The Morgan fingerprint density at radius 1 is 1.43 bits per heavy atom. The molecule has 0 aliphatic heterocycles. The zero-order valence-electron chi connectivity index (χ0n) is 12.6. The molecule has 0 aromatic carbocycles. The second kappa shape index (κ2) is 7.35. The third kappa shape index (κ3) is 4.77. The van der Waals surface area contributed by atoms with Crippen LogP contribution in [0.15, 0.2) is 4.90 Å². The highest BCUT2D eigenvalue weighted by Gasteiger charge is 2.26. The topological polar surface area (TPSA) is 96.1 Å². The van der Waals surface area contributed by atoms with Crippen LogP contribution in [0.4, 0.5) is 0 Å². The summed E-state index contributed by atoms with van der Waals surface area (Å²) in [6.45, 7) is 5.68. The number of aryl methyl sites for hydroxylation is 1. The summed E-state index contributed by atoms with van der Waals surface area (Å²) in [5.41, 5.74) is 1.12. The van der Waals surface area contributed by atoms with Crippen LogP contribution in [-0.2, 0) is 21.3 Å². The Morgan fingerprint density at radius 2 is 2.19 bits per heavy atom. The Kier molecular flexibility index (Phi) is 5.74. The van der Waals surface area contributed by atoms with Crippen molar-refractivity contribution in [2.75, 3.05) is 19.8 Å². The van der Waals surface area contributed by atoms with Gasteiger partial charge in [0.1, 0.15) is 4.90 Å². The summed E-state index contributed by atoms with van der Waals surface area (Å²) < 4.78 is 32.6. The molecule has 1 fully saturated rings. The molecule has 1 aliphatic rings. The largest absolute Gasteiger partial charge is 0.382 e. The molecule has 0 atom stereocenters. The maximum atomic E-state index is 12.4. The molecule has 1 aliphatic carbocycles. The smallest absolute Gasteiger partial charge is 0.244 e. The van der Waals surface area contributed by atoms with E-state index in [2.05, 4.69) is 20.2 Å². The van der Waals surface area contributed by atoms with Crippen LogP contribution < -0.4 is 10.0 Å². The van der Waals surface area contributed by atoms with E-state index in [9.17, 15) is 8.42 Å². The third-order valence-corrected chi connectivity index (χ3v) is 4.99. The van der Waals surface area contributed by atoms with Crippen molar-refractivity contribution in [3.8, 4) is 0 Å². The molecule has 1 saturated carbocycles. The predicted octanol–water partition coefficient (Wildman–Crippen LogP) is 0.675. The quantitative estimate of drug-likeness (QED) is 0.552. The number of H-pyrrole nitrogens is 1. The van der Waals surface area contributed by atoms with Gasteiger partial charge in [0.2, 0.25) is 10.0 Å². The Morgan fingerprint density at radius 3 is 2.86 bits per heavy atom. The number of sulfonamides is 1. The first-order valence-electron chi connectivity index (χ1n) is 7.39. The number of nitrogens with one attached hydrogen (secondary N) is 3. The zero-order valence-corrected chi connectivity index (χ0v) is 13.4. The number of aromatic amines is 1. The molecule has 0 amide bonds. The lowest BCUT2D eigenvalue weighted by Crippen LogP contribution is -2.27. The summed E-state index contributed by atoms with van der Waals surface area (Å²) in [6.07, 6.45) is 2.96. The van der Waals surface area contributed by atoms with Gasteiger partial charge in [-0.2, -0.15) is 5.10 Å². The standard InChI is InChI=1S/C13H24N4O3S/c1-3-20-8-4-7-15-21(18,19)13-10(2)16-17-12(13)9-14-11-5-6-11/h11,14-15H,3-9H2,1-2H3,(H,16,17). The summed E-state index contributed by atoms with van der Waals surface area (Å²) >= 11 is 0. The summed E-state index contributed by atoms with van der Waals surface area (Å²) in [5.74, 6) is 0. The number of hydrogen-bond acceptors (Lipinski definition) is 5. The lowest BCUT2D eigenvalue weighted by Gasteiger charge is -2.08. The van der Waals surface area contributed by atoms with E-state index in [0.29, 0.717) is 50.2 Å². The number of aromatic nitrogens is 2. The zero-order chi connectivity index (χ0) is 15.3. The fraction of sp³-hybridized carbons (Fsp3) is 0.769. The summed E-state index contributed by atoms with van der Waals surface area (Å²) in [4.78, 5) is 0.270. The van der Waals surface area contributed by atoms with Gasteiger partial charge in [-0.25, -0.2) is 13.1 Å². The van der Waals surface area contributed by atoms with E-state index in [0.717, 1.165) is 12.8 Å². The van der Waals surface area contributed by atoms with Crippen LogP contribution in [-0.4, -0.2) is 44.4 Å². The van der Waals surface area contributed by atoms with Gasteiger partial charge in [-0.1, -0.05) is 0 Å².